The summed E-state index contributed by atoms with van der Waals surface area (Å²) in [6, 6.07) is 17.4. The first kappa shape index (κ1) is 15.2. The Morgan fingerprint density at radius 1 is 0.957 bits per heavy atom. The van der Waals surface area contributed by atoms with Crippen molar-refractivity contribution in [2.24, 2.45) is 9.98 Å². The molecule has 0 atom stereocenters. The normalized spacial score (nSPS) is 13.7. The maximum absolute atomic E-state index is 12.3. The molecule has 0 bridgehead atoms. The molecule has 3 rings (SSSR count). The zero-order chi connectivity index (χ0) is 16.2. The van der Waals surface area contributed by atoms with Crippen LogP contribution in [0.1, 0.15) is 25.8 Å². The minimum atomic E-state index is -0.389. The summed E-state index contributed by atoms with van der Waals surface area (Å²) in [7, 11) is 0. The zero-order valence-electron chi connectivity index (χ0n) is 13.2. The number of fused-ring (bicyclic) bond motifs is 1. The Bertz CT molecular complexity index is 777. The van der Waals surface area contributed by atoms with Gasteiger partial charge in [0.25, 0.3) is 0 Å². The fourth-order valence-corrected chi connectivity index (χ4v) is 2.38. The van der Waals surface area contributed by atoms with Crippen LogP contribution in [-0.2, 0) is 9.53 Å². The van der Waals surface area contributed by atoms with Gasteiger partial charge in [-0.3, -0.25) is 4.99 Å². The van der Waals surface area contributed by atoms with E-state index in [1.165, 1.54) is 0 Å². The third kappa shape index (κ3) is 3.54. The molecule has 0 unspecified atom stereocenters. The number of carbonyl (C=O) groups excluding carboxylic acids is 1. The van der Waals surface area contributed by atoms with Gasteiger partial charge in [-0.15, -0.1) is 0 Å². The summed E-state index contributed by atoms with van der Waals surface area (Å²) in [6.07, 6.45) is 0.172. The maximum atomic E-state index is 12.3. The van der Waals surface area contributed by atoms with Crippen LogP contribution in [0.3, 0.4) is 0 Å². The molecular weight excluding hydrogens is 288 g/mol. The van der Waals surface area contributed by atoms with Gasteiger partial charge in [0.15, 0.2) is 0 Å². The molecule has 0 fully saturated rings. The number of para-hydroxylation sites is 2. The molecule has 0 amide bonds. The largest absolute Gasteiger partial charge is 0.458 e. The van der Waals surface area contributed by atoms with Crippen molar-refractivity contribution in [3.8, 4) is 0 Å². The van der Waals surface area contributed by atoms with Crippen molar-refractivity contribution < 1.29 is 9.53 Å². The van der Waals surface area contributed by atoms with Gasteiger partial charge in [0, 0.05) is 6.42 Å². The predicted molar refractivity (Wildman–Crippen MR) is 92.0 cm³/mol. The van der Waals surface area contributed by atoms with E-state index in [0.717, 1.165) is 17.0 Å². The van der Waals surface area contributed by atoms with Crippen LogP contribution < -0.4 is 0 Å². The highest BCUT2D eigenvalue weighted by molar-refractivity contribution is 6.42. The molecule has 1 aliphatic heterocycles. The van der Waals surface area contributed by atoms with E-state index in [2.05, 4.69) is 4.99 Å². The molecule has 0 saturated carbocycles. The summed E-state index contributed by atoms with van der Waals surface area (Å²) >= 11 is 0. The molecule has 0 aliphatic carbocycles. The van der Waals surface area contributed by atoms with Gasteiger partial charge in [0.05, 0.1) is 23.2 Å². The molecule has 23 heavy (non-hydrogen) atoms. The van der Waals surface area contributed by atoms with E-state index in [9.17, 15) is 4.79 Å². The predicted octanol–water partition coefficient (Wildman–Crippen LogP) is 4.24. The summed E-state index contributed by atoms with van der Waals surface area (Å²) in [6.45, 7) is 3.66. The van der Waals surface area contributed by atoms with Crippen molar-refractivity contribution in [3.63, 3.8) is 0 Å². The highest BCUT2D eigenvalue weighted by Crippen LogP contribution is 2.31. The number of ether oxygens (including phenoxy) is 1. The molecule has 0 spiro atoms. The first-order valence-corrected chi connectivity index (χ1v) is 7.64. The standard InChI is InChI=1S/C19H18N2O2/c1-13(2)23-19(22)18-12-17(14-8-4-3-5-9-14)20-15-10-6-7-11-16(15)21-18/h3-11,13H,12H2,1-2H3. The molecule has 0 aromatic heterocycles. The lowest BCUT2D eigenvalue weighted by Crippen LogP contribution is -2.23. The smallest absolute Gasteiger partial charge is 0.353 e. The first-order valence-electron chi connectivity index (χ1n) is 7.64. The third-order valence-electron chi connectivity index (χ3n) is 3.41. The van der Waals surface area contributed by atoms with Crippen LogP contribution in [-0.4, -0.2) is 23.5 Å². The number of rotatable bonds is 3. The molecule has 2 aromatic rings. The van der Waals surface area contributed by atoms with Gasteiger partial charge < -0.3 is 4.74 Å². The average Bonchev–Trinajstić information content (AvgIpc) is 2.74. The minimum absolute atomic E-state index is 0.180. The Balaban J connectivity index is 2.05. The van der Waals surface area contributed by atoms with Crippen LogP contribution >= 0.6 is 0 Å². The van der Waals surface area contributed by atoms with Gasteiger partial charge in [-0.25, -0.2) is 9.79 Å². The highest BCUT2D eigenvalue weighted by Gasteiger charge is 2.21. The first-order chi connectivity index (χ1) is 11.1. The minimum Gasteiger partial charge on any atom is -0.458 e. The molecular formula is C19H18N2O2. The van der Waals surface area contributed by atoms with Crippen molar-refractivity contribution in [2.45, 2.75) is 26.4 Å². The molecule has 0 N–H and O–H groups in total. The molecule has 4 heteroatoms. The summed E-state index contributed by atoms with van der Waals surface area (Å²) in [4.78, 5) is 21.6. The number of nitrogens with zero attached hydrogens (tertiary/aromatic N) is 2. The van der Waals surface area contributed by atoms with Gasteiger partial charge in [0.1, 0.15) is 5.71 Å². The zero-order valence-corrected chi connectivity index (χ0v) is 13.2. The van der Waals surface area contributed by atoms with Gasteiger partial charge in [-0.05, 0) is 31.5 Å². The van der Waals surface area contributed by atoms with Crippen molar-refractivity contribution in [2.75, 3.05) is 0 Å². The molecule has 0 radical (unpaired) electrons. The summed E-state index contributed by atoms with van der Waals surface area (Å²) in [5.74, 6) is -0.389. The number of esters is 1. The van der Waals surface area contributed by atoms with Gasteiger partial charge in [-0.1, -0.05) is 42.5 Å². The summed E-state index contributed by atoms with van der Waals surface area (Å²) in [5, 5.41) is 0. The summed E-state index contributed by atoms with van der Waals surface area (Å²) < 4.78 is 5.32. The average molecular weight is 306 g/mol. The van der Waals surface area contributed by atoms with Crippen LogP contribution in [0.4, 0.5) is 11.4 Å². The van der Waals surface area contributed by atoms with Crippen molar-refractivity contribution in [1.82, 2.24) is 0 Å². The maximum Gasteiger partial charge on any atom is 0.353 e. The van der Waals surface area contributed by atoms with E-state index >= 15 is 0 Å². The quantitative estimate of drug-likeness (QED) is 0.797. The Morgan fingerprint density at radius 2 is 1.57 bits per heavy atom. The van der Waals surface area contributed by atoms with E-state index in [4.69, 9.17) is 9.73 Å². The lowest BCUT2D eigenvalue weighted by Gasteiger charge is -2.10. The second kappa shape index (κ2) is 6.57. The second-order valence-corrected chi connectivity index (χ2v) is 5.60. The lowest BCUT2D eigenvalue weighted by atomic mass is 10.0. The van der Waals surface area contributed by atoms with Gasteiger partial charge in [0.2, 0.25) is 0 Å². The van der Waals surface area contributed by atoms with E-state index in [0.29, 0.717) is 17.8 Å². The molecule has 1 aliphatic rings. The van der Waals surface area contributed by atoms with E-state index in [1.54, 1.807) is 0 Å². The Morgan fingerprint density at radius 3 is 2.22 bits per heavy atom. The van der Waals surface area contributed by atoms with Crippen LogP contribution in [0.5, 0.6) is 0 Å². The van der Waals surface area contributed by atoms with Gasteiger partial charge in [-0.2, -0.15) is 0 Å². The number of benzene rings is 2. The van der Waals surface area contributed by atoms with Crippen molar-refractivity contribution in [3.05, 3.63) is 60.2 Å². The Kier molecular flexibility index (Phi) is 4.33. The van der Waals surface area contributed by atoms with Crippen LogP contribution in [0.2, 0.25) is 0 Å². The fraction of sp³-hybridized carbons (Fsp3) is 0.211. The topological polar surface area (TPSA) is 51.0 Å². The van der Waals surface area contributed by atoms with Crippen molar-refractivity contribution >= 4 is 28.8 Å². The van der Waals surface area contributed by atoms with Gasteiger partial charge >= 0.3 is 5.97 Å². The number of hydrogen-bond acceptors (Lipinski definition) is 4. The number of aliphatic imine (C=N–C) groups is 2. The molecule has 4 nitrogen and oxygen atoms in total. The van der Waals surface area contributed by atoms with E-state index in [-0.39, 0.29) is 12.1 Å². The second-order valence-electron chi connectivity index (χ2n) is 5.60. The highest BCUT2D eigenvalue weighted by atomic mass is 16.5. The molecule has 0 saturated heterocycles. The summed E-state index contributed by atoms with van der Waals surface area (Å²) in [5.41, 5.74) is 3.63. The Labute approximate surface area is 135 Å². The van der Waals surface area contributed by atoms with E-state index < -0.39 is 0 Å². The van der Waals surface area contributed by atoms with Crippen LogP contribution in [0, 0.1) is 0 Å². The van der Waals surface area contributed by atoms with Crippen molar-refractivity contribution in [1.29, 1.82) is 0 Å². The molecule has 116 valence electrons. The molecule has 2 aromatic carbocycles. The molecule has 1 heterocycles. The Hall–Kier alpha value is -2.75. The third-order valence-corrected chi connectivity index (χ3v) is 3.41. The fourth-order valence-electron chi connectivity index (χ4n) is 2.38. The lowest BCUT2D eigenvalue weighted by molar-refractivity contribution is -0.139. The number of carbonyl (C=O) groups is 1. The van der Waals surface area contributed by atoms with Crippen LogP contribution in [0.25, 0.3) is 0 Å². The SMILES string of the molecule is CC(C)OC(=O)C1=Nc2ccccc2N=C(c2ccccc2)C1. The monoisotopic (exact) mass is 306 g/mol. The number of hydrogen-bond donors (Lipinski definition) is 0. The van der Waals surface area contributed by atoms with Crippen LogP contribution in [0.15, 0.2) is 64.6 Å². The van der Waals surface area contributed by atoms with E-state index in [1.807, 2.05) is 68.4 Å².